The van der Waals surface area contributed by atoms with Crippen molar-refractivity contribution < 1.29 is 34.2 Å². The molecule has 8 nitrogen and oxygen atoms in total. The Morgan fingerprint density at radius 2 is 1.89 bits per heavy atom. The van der Waals surface area contributed by atoms with Gasteiger partial charge in [0.15, 0.2) is 34.7 Å². The number of hydrogen-bond acceptors (Lipinski definition) is 7. The van der Waals surface area contributed by atoms with Gasteiger partial charge in [0.2, 0.25) is 5.91 Å². The van der Waals surface area contributed by atoms with Gasteiger partial charge in [-0.15, -0.1) is 0 Å². The van der Waals surface area contributed by atoms with Crippen molar-refractivity contribution in [1.29, 1.82) is 0 Å². The monoisotopic (exact) mass is 493 g/mol. The van der Waals surface area contributed by atoms with Crippen LogP contribution in [0, 0.1) is 47.3 Å². The number of benzene rings is 1. The third-order valence-corrected chi connectivity index (χ3v) is 8.07. The highest BCUT2D eigenvalue weighted by Gasteiger charge is 2.69. The topological polar surface area (TPSA) is 152 Å². The lowest BCUT2D eigenvalue weighted by Crippen LogP contribution is -2.71. The lowest BCUT2D eigenvalue weighted by atomic mass is 9.49. The predicted octanol–water partition coefficient (Wildman–Crippen LogP) is 1.75. The van der Waals surface area contributed by atoms with Crippen molar-refractivity contribution in [3.05, 3.63) is 28.8 Å². The van der Waals surface area contributed by atoms with Crippen LogP contribution in [0.25, 0.3) is 0 Å². The molecule has 0 aromatic heterocycles. The normalized spacial score (nSPS) is 31.3. The van der Waals surface area contributed by atoms with Crippen molar-refractivity contribution in [2.75, 3.05) is 0 Å². The molecule has 0 bridgehead atoms. The summed E-state index contributed by atoms with van der Waals surface area (Å²) >= 11 is 0. The van der Waals surface area contributed by atoms with Crippen LogP contribution in [-0.4, -0.2) is 44.9 Å². The summed E-state index contributed by atoms with van der Waals surface area (Å²) in [6, 6.07) is 3.00. The molecule has 3 aliphatic carbocycles. The van der Waals surface area contributed by atoms with E-state index in [9.17, 15) is 34.2 Å². The smallest absolute Gasteiger partial charge is 0.235 e. The van der Waals surface area contributed by atoms with Crippen molar-refractivity contribution in [3.63, 3.8) is 0 Å². The molecular formula is C28H31NO7. The average molecular weight is 494 g/mol. The summed E-state index contributed by atoms with van der Waals surface area (Å²) in [7, 11) is 0. The van der Waals surface area contributed by atoms with E-state index in [1.165, 1.54) is 6.07 Å². The molecule has 190 valence electrons. The van der Waals surface area contributed by atoms with Crippen LogP contribution in [0.3, 0.4) is 0 Å². The summed E-state index contributed by atoms with van der Waals surface area (Å²) in [6.45, 7) is 5.49. The highest BCUT2D eigenvalue weighted by molar-refractivity contribution is 6.31. The van der Waals surface area contributed by atoms with Crippen molar-refractivity contribution in [1.82, 2.24) is 0 Å². The minimum absolute atomic E-state index is 0.0277. The molecular weight excluding hydrogens is 462 g/mol. The third-order valence-electron chi connectivity index (χ3n) is 8.07. The van der Waals surface area contributed by atoms with Crippen molar-refractivity contribution in [2.24, 2.45) is 41.2 Å². The maximum absolute atomic E-state index is 13.8. The number of phenolic OH excluding ortho intramolecular Hbond substituents is 1. The van der Waals surface area contributed by atoms with Crippen LogP contribution in [-0.2, 0) is 25.6 Å². The Morgan fingerprint density at radius 1 is 1.19 bits per heavy atom. The fourth-order valence-corrected chi connectivity index (χ4v) is 6.39. The molecule has 2 unspecified atom stereocenters. The lowest BCUT2D eigenvalue weighted by Gasteiger charge is -2.52. The van der Waals surface area contributed by atoms with E-state index in [0.717, 1.165) is 12.8 Å². The van der Waals surface area contributed by atoms with E-state index in [-0.39, 0.29) is 30.1 Å². The predicted molar refractivity (Wildman–Crippen MR) is 129 cm³/mol. The van der Waals surface area contributed by atoms with Gasteiger partial charge in [0.25, 0.3) is 0 Å². The first kappa shape index (κ1) is 25.8. The number of Topliss-reactive ketones (excluding diaryl/α,β-unsaturated/α-hetero) is 4. The standard InChI is InChI=1S/C28H31NO7/c1-4-5-6-7-8-14-9-10-18(30)21-16(14)11-15-12-17-19(13(2)3)23(31)22(27(29)35)26(34)28(17,36)25(33)20(15)24(21)32/h9-10,13,15,17,19-20,22,30,36H,4-6,11-12H2,1-3H3,(H2,29,35)/t15-,17-,19-,20?,22?,28-/m0/s1. The van der Waals surface area contributed by atoms with Gasteiger partial charge in [0.1, 0.15) is 5.75 Å². The number of carbonyl (C=O) groups excluding carboxylic acids is 5. The molecule has 3 aliphatic rings. The quantitative estimate of drug-likeness (QED) is 0.328. The summed E-state index contributed by atoms with van der Waals surface area (Å²) in [5, 5.41) is 22.1. The van der Waals surface area contributed by atoms with Gasteiger partial charge in [-0.1, -0.05) is 39.0 Å². The van der Waals surface area contributed by atoms with Gasteiger partial charge in [0.05, 0.1) is 11.5 Å². The van der Waals surface area contributed by atoms with Crippen LogP contribution >= 0.6 is 0 Å². The molecule has 0 spiro atoms. The van der Waals surface area contributed by atoms with E-state index in [2.05, 4.69) is 18.8 Å². The van der Waals surface area contributed by atoms with Crippen LogP contribution in [0.5, 0.6) is 5.75 Å². The maximum atomic E-state index is 13.8. The number of amides is 1. The number of carbonyl (C=O) groups is 5. The van der Waals surface area contributed by atoms with Gasteiger partial charge in [-0.2, -0.15) is 0 Å². The summed E-state index contributed by atoms with van der Waals surface area (Å²) in [5.74, 6) is -5.33. The highest BCUT2D eigenvalue weighted by Crippen LogP contribution is 2.53. The van der Waals surface area contributed by atoms with Gasteiger partial charge in [-0.25, -0.2) is 0 Å². The van der Waals surface area contributed by atoms with E-state index in [0.29, 0.717) is 17.5 Å². The average Bonchev–Trinajstić information content (AvgIpc) is 2.80. The molecule has 4 N–H and O–H groups in total. The van der Waals surface area contributed by atoms with E-state index < -0.39 is 64.2 Å². The van der Waals surface area contributed by atoms with E-state index in [4.69, 9.17) is 5.73 Å². The molecule has 0 aliphatic heterocycles. The minimum Gasteiger partial charge on any atom is -0.507 e. The van der Waals surface area contributed by atoms with E-state index in [1.807, 2.05) is 0 Å². The number of hydrogen-bond donors (Lipinski definition) is 3. The number of primary amides is 1. The second kappa shape index (κ2) is 9.29. The molecule has 1 aromatic rings. The van der Waals surface area contributed by atoms with Crippen molar-refractivity contribution in [2.45, 2.75) is 58.5 Å². The Balaban J connectivity index is 1.83. The molecule has 36 heavy (non-hydrogen) atoms. The summed E-state index contributed by atoms with van der Waals surface area (Å²) in [6.07, 6.45) is 2.88. The fraction of sp³-hybridized carbons (Fsp3) is 0.536. The molecule has 2 fully saturated rings. The SMILES string of the molecule is CCCCC#Cc1ccc(O)c2c1C[C@H]1C[C@H]3[C@H](C(C)C)C(=O)C(C(N)=O)C(=O)[C@@]3(O)C(=O)C1C2=O. The zero-order valence-corrected chi connectivity index (χ0v) is 20.7. The molecule has 2 saturated carbocycles. The van der Waals surface area contributed by atoms with Gasteiger partial charge >= 0.3 is 0 Å². The van der Waals surface area contributed by atoms with Crippen molar-refractivity contribution >= 4 is 29.0 Å². The number of rotatable bonds is 4. The third kappa shape index (κ3) is 3.68. The molecule has 0 saturated heterocycles. The van der Waals surface area contributed by atoms with Crippen LogP contribution in [0.15, 0.2) is 12.1 Å². The number of phenols is 1. The zero-order valence-electron chi connectivity index (χ0n) is 20.7. The van der Waals surface area contributed by atoms with Crippen LogP contribution in [0.4, 0.5) is 0 Å². The van der Waals surface area contributed by atoms with Gasteiger partial charge in [-0.05, 0) is 48.8 Å². The van der Waals surface area contributed by atoms with Gasteiger partial charge < -0.3 is 15.9 Å². The Morgan fingerprint density at radius 3 is 2.50 bits per heavy atom. The van der Waals surface area contributed by atoms with Crippen LogP contribution in [0.1, 0.15) is 67.9 Å². The van der Waals surface area contributed by atoms with Crippen LogP contribution in [0.2, 0.25) is 0 Å². The van der Waals surface area contributed by atoms with Gasteiger partial charge in [0, 0.05) is 23.8 Å². The Hall–Kier alpha value is -3.31. The summed E-state index contributed by atoms with van der Waals surface area (Å²) < 4.78 is 0. The number of aromatic hydroxyl groups is 1. The van der Waals surface area contributed by atoms with E-state index >= 15 is 0 Å². The fourth-order valence-electron chi connectivity index (χ4n) is 6.39. The van der Waals surface area contributed by atoms with Gasteiger partial charge in [-0.3, -0.25) is 24.0 Å². The zero-order chi connectivity index (χ0) is 26.5. The Bertz CT molecular complexity index is 1240. The maximum Gasteiger partial charge on any atom is 0.235 e. The summed E-state index contributed by atoms with van der Waals surface area (Å²) in [4.78, 5) is 65.8. The number of aliphatic hydroxyl groups is 1. The molecule has 8 heteroatoms. The largest absolute Gasteiger partial charge is 0.507 e. The lowest BCUT2D eigenvalue weighted by molar-refractivity contribution is -0.182. The van der Waals surface area contributed by atoms with E-state index in [1.54, 1.807) is 19.9 Å². The molecule has 1 aromatic carbocycles. The molecule has 1 amide bonds. The summed E-state index contributed by atoms with van der Waals surface area (Å²) in [5.41, 5.74) is 3.76. The number of nitrogens with two attached hydrogens (primary N) is 1. The first-order valence-corrected chi connectivity index (χ1v) is 12.5. The Labute approximate surface area is 209 Å². The molecule has 0 heterocycles. The highest BCUT2D eigenvalue weighted by atomic mass is 16.3. The first-order valence-electron chi connectivity index (χ1n) is 12.5. The number of ketones is 4. The van der Waals surface area contributed by atoms with Crippen LogP contribution < -0.4 is 5.73 Å². The molecule has 0 radical (unpaired) electrons. The number of unbranched alkanes of at least 4 members (excludes halogenated alkanes) is 2. The van der Waals surface area contributed by atoms with Crippen molar-refractivity contribution in [3.8, 4) is 17.6 Å². The second-order valence-corrected chi connectivity index (χ2v) is 10.5. The first-order chi connectivity index (χ1) is 17.0. The minimum atomic E-state index is -2.68. The second-order valence-electron chi connectivity index (χ2n) is 10.5. The molecule has 6 atom stereocenters. The Kier molecular flexibility index (Phi) is 6.65. The number of fused-ring (bicyclic) bond motifs is 3. The molecule has 4 rings (SSSR count).